The van der Waals surface area contributed by atoms with Crippen LogP contribution in [0.4, 0.5) is 0 Å². The molecule has 4 nitrogen and oxygen atoms in total. The first kappa shape index (κ1) is 16.4. The molecule has 0 saturated carbocycles. The Morgan fingerprint density at radius 2 is 1.94 bits per heavy atom. The number of hydrogen-bond donors (Lipinski definition) is 2. The van der Waals surface area contributed by atoms with Gasteiger partial charge in [-0.3, -0.25) is 4.79 Å². The maximum absolute atomic E-state index is 11.6. The molecule has 17 heavy (non-hydrogen) atoms. The summed E-state index contributed by atoms with van der Waals surface area (Å²) >= 11 is 0. The highest BCUT2D eigenvalue weighted by Crippen LogP contribution is 2.01. The fraction of sp³-hybridized carbons (Fsp3) is 0.923. The normalized spacial score (nSPS) is 14.7. The van der Waals surface area contributed by atoms with Crippen molar-refractivity contribution in [2.45, 2.75) is 52.6 Å². The summed E-state index contributed by atoms with van der Waals surface area (Å²) in [4.78, 5) is 11.6. The van der Waals surface area contributed by atoms with E-state index in [1.807, 2.05) is 6.92 Å². The molecular weight excluding hydrogens is 216 g/mol. The third-order valence-electron chi connectivity index (χ3n) is 2.80. The second kappa shape index (κ2) is 9.42. The average molecular weight is 244 g/mol. The molecule has 2 N–H and O–H groups in total. The van der Waals surface area contributed by atoms with Crippen LogP contribution in [0.5, 0.6) is 0 Å². The van der Waals surface area contributed by atoms with Gasteiger partial charge in [-0.25, -0.2) is 0 Å². The second-order valence-corrected chi connectivity index (χ2v) is 4.94. The van der Waals surface area contributed by atoms with Crippen molar-refractivity contribution >= 4 is 5.91 Å². The lowest BCUT2D eigenvalue weighted by Crippen LogP contribution is -2.45. The number of nitrogens with one attached hydrogen (secondary N) is 2. The minimum atomic E-state index is 0.0627. The van der Waals surface area contributed by atoms with E-state index in [0.29, 0.717) is 19.1 Å². The van der Waals surface area contributed by atoms with E-state index in [9.17, 15) is 4.79 Å². The molecule has 2 unspecified atom stereocenters. The first-order chi connectivity index (χ1) is 8.01. The molecule has 0 aliphatic heterocycles. The van der Waals surface area contributed by atoms with Crippen molar-refractivity contribution in [2.75, 3.05) is 20.3 Å². The zero-order valence-corrected chi connectivity index (χ0v) is 11.9. The van der Waals surface area contributed by atoms with Crippen LogP contribution >= 0.6 is 0 Å². The molecule has 0 aromatic carbocycles. The zero-order chi connectivity index (χ0) is 13.3. The van der Waals surface area contributed by atoms with Crippen LogP contribution in [0.1, 0.15) is 40.5 Å². The van der Waals surface area contributed by atoms with Gasteiger partial charge in [-0.2, -0.15) is 0 Å². The van der Waals surface area contributed by atoms with Crippen LogP contribution in [0.2, 0.25) is 0 Å². The van der Waals surface area contributed by atoms with Gasteiger partial charge in [0.2, 0.25) is 5.91 Å². The Morgan fingerprint density at radius 1 is 1.29 bits per heavy atom. The van der Waals surface area contributed by atoms with Crippen LogP contribution in [-0.2, 0) is 9.53 Å². The smallest absolute Gasteiger partial charge is 0.234 e. The molecule has 0 spiro atoms. The predicted molar refractivity (Wildman–Crippen MR) is 71.0 cm³/mol. The number of rotatable bonds is 9. The van der Waals surface area contributed by atoms with Crippen molar-refractivity contribution < 1.29 is 9.53 Å². The molecule has 0 aromatic rings. The van der Waals surface area contributed by atoms with E-state index < -0.39 is 0 Å². The molecule has 0 aliphatic carbocycles. The van der Waals surface area contributed by atoms with Gasteiger partial charge in [0.25, 0.3) is 0 Å². The van der Waals surface area contributed by atoms with E-state index in [0.717, 1.165) is 12.8 Å². The summed E-state index contributed by atoms with van der Waals surface area (Å²) in [7, 11) is 1.68. The Balaban J connectivity index is 3.87. The zero-order valence-electron chi connectivity index (χ0n) is 11.9. The number of carbonyl (C=O) groups excluding carboxylic acids is 1. The average Bonchev–Trinajstić information content (AvgIpc) is 2.23. The Bertz CT molecular complexity index is 208. The maximum atomic E-state index is 11.6. The Morgan fingerprint density at radius 3 is 2.41 bits per heavy atom. The van der Waals surface area contributed by atoms with Crippen molar-refractivity contribution in [2.24, 2.45) is 5.92 Å². The monoisotopic (exact) mass is 244 g/mol. The van der Waals surface area contributed by atoms with Gasteiger partial charge in [0.05, 0.1) is 13.2 Å². The van der Waals surface area contributed by atoms with Gasteiger partial charge in [-0.1, -0.05) is 27.2 Å². The van der Waals surface area contributed by atoms with Crippen LogP contribution in [0.15, 0.2) is 0 Å². The highest BCUT2D eigenvalue weighted by Gasteiger charge is 2.14. The molecule has 2 atom stereocenters. The van der Waals surface area contributed by atoms with E-state index in [1.165, 1.54) is 0 Å². The van der Waals surface area contributed by atoms with Gasteiger partial charge in [0, 0.05) is 19.2 Å². The highest BCUT2D eigenvalue weighted by molar-refractivity contribution is 5.78. The van der Waals surface area contributed by atoms with Crippen LogP contribution in [0.25, 0.3) is 0 Å². The largest absolute Gasteiger partial charge is 0.383 e. The van der Waals surface area contributed by atoms with Crippen LogP contribution in [-0.4, -0.2) is 38.3 Å². The van der Waals surface area contributed by atoms with Crippen molar-refractivity contribution in [1.82, 2.24) is 10.6 Å². The standard InChI is InChI=1S/C13H28N2O2/c1-6-7-11(4)15-13(16)8-14-12(9-17-5)10(2)3/h10-12,14H,6-9H2,1-5H3,(H,15,16). The van der Waals surface area contributed by atoms with Gasteiger partial charge in [-0.15, -0.1) is 0 Å². The quantitative estimate of drug-likeness (QED) is 0.647. The second-order valence-electron chi connectivity index (χ2n) is 4.94. The number of carbonyl (C=O) groups is 1. The van der Waals surface area contributed by atoms with Crippen LogP contribution < -0.4 is 10.6 Å². The summed E-state index contributed by atoms with van der Waals surface area (Å²) in [6.07, 6.45) is 2.12. The van der Waals surface area contributed by atoms with Gasteiger partial charge >= 0.3 is 0 Å². The van der Waals surface area contributed by atoms with Crippen LogP contribution in [0, 0.1) is 5.92 Å². The van der Waals surface area contributed by atoms with Gasteiger partial charge in [0.1, 0.15) is 0 Å². The SMILES string of the molecule is CCCC(C)NC(=O)CNC(COC)C(C)C. The molecular formula is C13H28N2O2. The Hall–Kier alpha value is -0.610. The summed E-state index contributed by atoms with van der Waals surface area (Å²) < 4.78 is 5.12. The van der Waals surface area contributed by atoms with E-state index >= 15 is 0 Å². The molecule has 4 heteroatoms. The number of hydrogen-bond acceptors (Lipinski definition) is 3. The van der Waals surface area contributed by atoms with Crippen molar-refractivity contribution in [3.8, 4) is 0 Å². The van der Waals surface area contributed by atoms with E-state index in [2.05, 4.69) is 31.4 Å². The molecule has 0 saturated heterocycles. The lowest BCUT2D eigenvalue weighted by atomic mass is 10.1. The lowest BCUT2D eigenvalue weighted by Gasteiger charge is -2.22. The summed E-state index contributed by atoms with van der Waals surface area (Å²) in [6, 6.07) is 0.487. The Kier molecular flexibility index (Phi) is 9.09. The van der Waals surface area contributed by atoms with Crippen molar-refractivity contribution in [3.05, 3.63) is 0 Å². The summed E-state index contributed by atoms with van der Waals surface area (Å²) in [5.41, 5.74) is 0. The molecule has 0 aromatic heterocycles. The molecule has 0 heterocycles. The molecule has 102 valence electrons. The highest BCUT2D eigenvalue weighted by atomic mass is 16.5. The van der Waals surface area contributed by atoms with Gasteiger partial charge in [-0.05, 0) is 19.3 Å². The van der Waals surface area contributed by atoms with Gasteiger partial charge in [0.15, 0.2) is 0 Å². The number of ether oxygens (including phenoxy) is 1. The number of methoxy groups -OCH3 is 1. The Labute approximate surface area is 105 Å². The van der Waals surface area contributed by atoms with E-state index in [-0.39, 0.29) is 18.0 Å². The summed E-state index contributed by atoms with van der Waals surface area (Å²) in [6.45, 7) is 9.39. The fourth-order valence-corrected chi connectivity index (χ4v) is 1.72. The van der Waals surface area contributed by atoms with Crippen LogP contribution in [0.3, 0.4) is 0 Å². The first-order valence-corrected chi connectivity index (χ1v) is 6.52. The molecule has 1 amide bonds. The van der Waals surface area contributed by atoms with Crippen molar-refractivity contribution in [3.63, 3.8) is 0 Å². The predicted octanol–water partition coefficient (Wildman–Crippen LogP) is 1.55. The minimum Gasteiger partial charge on any atom is -0.383 e. The maximum Gasteiger partial charge on any atom is 0.234 e. The molecule has 0 radical (unpaired) electrons. The fourth-order valence-electron chi connectivity index (χ4n) is 1.72. The molecule has 0 rings (SSSR count). The lowest BCUT2D eigenvalue weighted by molar-refractivity contribution is -0.121. The first-order valence-electron chi connectivity index (χ1n) is 6.52. The summed E-state index contributed by atoms with van der Waals surface area (Å²) in [5, 5.41) is 6.21. The van der Waals surface area contributed by atoms with E-state index in [1.54, 1.807) is 7.11 Å². The number of amides is 1. The van der Waals surface area contributed by atoms with Gasteiger partial charge < -0.3 is 15.4 Å². The van der Waals surface area contributed by atoms with Crippen molar-refractivity contribution in [1.29, 1.82) is 0 Å². The molecule has 0 fully saturated rings. The van der Waals surface area contributed by atoms with E-state index in [4.69, 9.17) is 4.74 Å². The molecule has 0 aliphatic rings. The minimum absolute atomic E-state index is 0.0627. The third-order valence-corrected chi connectivity index (χ3v) is 2.80. The third kappa shape index (κ3) is 8.16. The summed E-state index contributed by atoms with van der Waals surface area (Å²) in [5.74, 6) is 0.517. The topological polar surface area (TPSA) is 50.4 Å². The molecule has 0 bridgehead atoms.